The molecule has 0 aliphatic heterocycles. The monoisotopic (exact) mass is 219 g/mol. The molecule has 0 saturated heterocycles. The number of esters is 1. The van der Waals surface area contributed by atoms with Crippen molar-refractivity contribution in [1.82, 2.24) is 0 Å². The fraction of sp³-hybridized carbons (Fsp3) is 0.636. The van der Waals surface area contributed by atoms with E-state index in [0.29, 0.717) is 6.42 Å². The lowest BCUT2D eigenvalue weighted by molar-refractivity contribution is -0.152. The molecule has 84 valence electrons. The normalized spacial score (nSPS) is 12.6. The fourth-order valence-electron chi connectivity index (χ4n) is 1.28. The standard InChI is InChI=1S/C11H13N3O2/c1-2-16-10(15)11(9-14,6-8-13)5-3-4-7-12/h2-6H2,1H3. The molecule has 0 radical (unpaired) electrons. The van der Waals surface area contributed by atoms with E-state index in [1.165, 1.54) is 0 Å². The molecule has 1 atom stereocenters. The fourth-order valence-corrected chi connectivity index (χ4v) is 1.28. The maximum atomic E-state index is 11.6. The maximum absolute atomic E-state index is 11.6. The van der Waals surface area contributed by atoms with Crippen molar-refractivity contribution < 1.29 is 9.53 Å². The molecule has 5 heteroatoms. The number of ether oxygens (including phenoxy) is 1. The summed E-state index contributed by atoms with van der Waals surface area (Å²) in [4.78, 5) is 11.6. The van der Waals surface area contributed by atoms with E-state index in [1.54, 1.807) is 6.92 Å². The lowest BCUT2D eigenvalue weighted by Gasteiger charge is -2.20. The van der Waals surface area contributed by atoms with Crippen LogP contribution in [0.3, 0.4) is 0 Å². The van der Waals surface area contributed by atoms with Crippen molar-refractivity contribution in [3.05, 3.63) is 0 Å². The zero-order chi connectivity index (χ0) is 12.4. The highest BCUT2D eigenvalue weighted by atomic mass is 16.5. The highest BCUT2D eigenvalue weighted by Crippen LogP contribution is 2.29. The summed E-state index contributed by atoms with van der Waals surface area (Å²) < 4.78 is 4.79. The van der Waals surface area contributed by atoms with Gasteiger partial charge in [-0.05, 0) is 19.8 Å². The van der Waals surface area contributed by atoms with Gasteiger partial charge in [0.1, 0.15) is 0 Å². The Hall–Kier alpha value is -2.06. The Bertz CT molecular complexity index is 359. The van der Waals surface area contributed by atoms with Gasteiger partial charge in [-0.3, -0.25) is 4.79 Å². The van der Waals surface area contributed by atoms with E-state index in [4.69, 9.17) is 20.5 Å². The van der Waals surface area contributed by atoms with E-state index in [9.17, 15) is 4.79 Å². The summed E-state index contributed by atoms with van der Waals surface area (Å²) in [6.07, 6.45) is 0.649. The molecule has 5 nitrogen and oxygen atoms in total. The molecule has 0 spiro atoms. The van der Waals surface area contributed by atoms with Gasteiger partial charge in [-0.25, -0.2) is 0 Å². The zero-order valence-electron chi connectivity index (χ0n) is 9.19. The molecular formula is C11H13N3O2. The second-order valence-electron chi connectivity index (χ2n) is 3.26. The minimum Gasteiger partial charge on any atom is -0.465 e. The number of rotatable bonds is 6. The topological polar surface area (TPSA) is 97.7 Å². The van der Waals surface area contributed by atoms with Crippen LogP contribution < -0.4 is 0 Å². The number of nitrogens with zero attached hydrogens (tertiary/aromatic N) is 3. The Morgan fingerprint density at radius 2 is 2.00 bits per heavy atom. The summed E-state index contributed by atoms with van der Waals surface area (Å²) in [5.41, 5.74) is -1.42. The maximum Gasteiger partial charge on any atom is 0.327 e. The van der Waals surface area contributed by atoms with Crippen LogP contribution in [0.4, 0.5) is 0 Å². The molecule has 0 aliphatic carbocycles. The molecule has 1 unspecified atom stereocenters. The van der Waals surface area contributed by atoms with Crippen molar-refractivity contribution in [2.45, 2.75) is 32.6 Å². The molecule has 0 fully saturated rings. The van der Waals surface area contributed by atoms with Crippen molar-refractivity contribution >= 4 is 5.97 Å². The lowest BCUT2D eigenvalue weighted by atomic mass is 9.81. The Balaban J connectivity index is 4.74. The molecule has 0 aromatic carbocycles. The van der Waals surface area contributed by atoms with E-state index in [0.717, 1.165) is 0 Å². The SMILES string of the molecule is CCOC(=O)C(C#N)(CC#N)CCCC#N. The molecule has 0 N–H and O–H groups in total. The smallest absolute Gasteiger partial charge is 0.327 e. The second-order valence-corrected chi connectivity index (χ2v) is 3.26. The Kier molecular flexibility index (Phi) is 6.33. The molecular weight excluding hydrogens is 206 g/mol. The van der Waals surface area contributed by atoms with Crippen LogP contribution in [0, 0.1) is 39.4 Å². The third-order valence-electron chi connectivity index (χ3n) is 2.15. The molecule has 0 aliphatic rings. The number of carbonyl (C=O) groups is 1. The molecule has 0 saturated carbocycles. The first kappa shape index (κ1) is 13.9. The van der Waals surface area contributed by atoms with Crippen LogP contribution in [0.25, 0.3) is 0 Å². The van der Waals surface area contributed by atoms with Gasteiger partial charge in [-0.2, -0.15) is 15.8 Å². The average Bonchev–Trinajstić information content (AvgIpc) is 2.28. The molecule has 0 rings (SSSR count). The highest BCUT2D eigenvalue weighted by molar-refractivity contribution is 5.80. The number of hydrogen-bond acceptors (Lipinski definition) is 5. The zero-order valence-corrected chi connectivity index (χ0v) is 9.19. The molecule has 0 aromatic heterocycles. The van der Waals surface area contributed by atoms with E-state index < -0.39 is 11.4 Å². The van der Waals surface area contributed by atoms with Crippen LogP contribution >= 0.6 is 0 Å². The van der Waals surface area contributed by atoms with Gasteiger partial charge in [0.15, 0.2) is 5.41 Å². The van der Waals surface area contributed by atoms with Gasteiger partial charge >= 0.3 is 5.97 Å². The first-order valence-electron chi connectivity index (χ1n) is 4.99. The number of unbranched alkanes of at least 4 members (excludes halogenated alkanes) is 1. The number of hydrogen-bond donors (Lipinski definition) is 0. The van der Waals surface area contributed by atoms with Crippen molar-refractivity contribution in [3.8, 4) is 18.2 Å². The summed E-state index contributed by atoms with van der Waals surface area (Å²) in [5.74, 6) is -0.669. The van der Waals surface area contributed by atoms with Crippen molar-refractivity contribution in [3.63, 3.8) is 0 Å². The summed E-state index contributed by atoms with van der Waals surface area (Å²) in [6, 6.07) is 5.61. The minimum absolute atomic E-state index is 0.173. The lowest BCUT2D eigenvalue weighted by Crippen LogP contribution is -2.31. The summed E-state index contributed by atoms with van der Waals surface area (Å²) in [5, 5.41) is 26.0. The van der Waals surface area contributed by atoms with Gasteiger partial charge in [-0.1, -0.05) is 0 Å². The van der Waals surface area contributed by atoms with Gasteiger partial charge in [0.05, 0.1) is 31.2 Å². The minimum atomic E-state index is -1.42. The summed E-state index contributed by atoms with van der Waals surface area (Å²) in [7, 11) is 0. The Labute approximate surface area is 94.8 Å². The van der Waals surface area contributed by atoms with Crippen molar-refractivity contribution in [2.75, 3.05) is 6.61 Å². The van der Waals surface area contributed by atoms with Crippen LogP contribution in [0.15, 0.2) is 0 Å². The second kappa shape index (κ2) is 7.26. The summed E-state index contributed by atoms with van der Waals surface area (Å²) in [6.45, 7) is 1.81. The molecule has 0 aromatic rings. The highest BCUT2D eigenvalue weighted by Gasteiger charge is 2.39. The largest absolute Gasteiger partial charge is 0.465 e. The van der Waals surface area contributed by atoms with Crippen LogP contribution in [-0.2, 0) is 9.53 Å². The quantitative estimate of drug-likeness (QED) is 0.499. The van der Waals surface area contributed by atoms with Crippen LogP contribution in [-0.4, -0.2) is 12.6 Å². The molecule has 0 heterocycles. The molecule has 16 heavy (non-hydrogen) atoms. The predicted octanol–water partition coefficient (Wildman–Crippen LogP) is 1.67. The van der Waals surface area contributed by atoms with E-state index in [1.807, 2.05) is 18.2 Å². The van der Waals surface area contributed by atoms with Gasteiger partial charge in [0, 0.05) is 6.42 Å². The van der Waals surface area contributed by atoms with Crippen molar-refractivity contribution in [1.29, 1.82) is 15.8 Å². The Morgan fingerprint density at radius 3 is 2.44 bits per heavy atom. The average molecular weight is 219 g/mol. The third kappa shape index (κ3) is 3.59. The van der Waals surface area contributed by atoms with Gasteiger partial charge < -0.3 is 4.74 Å². The van der Waals surface area contributed by atoms with Crippen molar-refractivity contribution in [2.24, 2.45) is 5.41 Å². The van der Waals surface area contributed by atoms with Gasteiger partial charge in [-0.15, -0.1) is 0 Å². The van der Waals surface area contributed by atoms with E-state index >= 15 is 0 Å². The number of carbonyl (C=O) groups excluding carboxylic acids is 1. The van der Waals surface area contributed by atoms with E-state index in [2.05, 4.69) is 0 Å². The van der Waals surface area contributed by atoms with E-state index in [-0.39, 0.29) is 25.9 Å². The summed E-state index contributed by atoms with van der Waals surface area (Å²) >= 11 is 0. The first-order valence-corrected chi connectivity index (χ1v) is 4.99. The van der Waals surface area contributed by atoms with Gasteiger partial charge in [0.2, 0.25) is 0 Å². The third-order valence-corrected chi connectivity index (χ3v) is 2.15. The van der Waals surface area contributed by atoms with Crippen LogP contribution in [0.2, 0.25) is 0 Å². The van der Waals surface area contributed by atoms with Gasteiger partial charge in [0.25, 0.3) is 0 Å². The molecule has 0 bridgehead atoms. The first-order chi connectivity index (χ1) is 7.66. The van der Waals surface area contributed by atoms with Crippen LogP contribution in [0.1, 0.15) is 32.6 Å². The Morgan fingerprint density at radius 1 is 1.31 bits per heavy atom. The van der Waals surface area contributed by atoms with Crippen LogP contribution in [0.5, 0.6) is 0 Å². The number of nitriles is 3. The predicted molar refractivity (Wildman–Crippen MR) is 54.4 cm³/mol. The molecule has 0 amide bonds.